The maximum atomic E-state index is 16.1. The van der Waals surface area contributed by atoms with E-state index in [0.29, 0.717) is 72.4 Å². The SMILES string of the molecule is Cc1c(C(C(=O)C(c2sc3nc4ccccc4n3c2C)N2CCN(c3cccc(Cl)c3Cl)CC2)N2CCN(c3cccc(Cl)c3Cl)CC2)sc2nc3ccccc3n12. The normalized spacial score (nSPS) is 17.0. The summed E-state index contributed by atoms with van der Waals surface area (Å²) in [6, 6.07) is 26.9. The van der Waals surface area contributed by atoms with E-state index in [0.717, 1.165) is 64.5 Å². The summed E-state index contributed by atoms with van der Waals surface area (Å²) in [6.45, 7) is 9.66. The van der Waals surface area contributed by atoms with Gasteiger partial charge >= 0.3 is 0 Å². The van der Waals surface area contributed by atoms with Crippen molar-refractivity contribution in [2.75, 3.05) is 62.2 Å². The van der Waals surface area contributed by atoms with Crippen molar-refractivity contribution in [1.29, 1.82) is 0 Å². The molecule has 8 aromatic rings. The molecule has 6 heterocycles. The number of fused-ring (bicyclic) bond motifs is 6. The molecule has 10 rings (SSSR count). The van der Waals surface area contributed by atoms with Gasteiger partial charge in [0, 0.05) is 63.7 Å². The molecule has 0 spiro atoms. The Balaban J connectivity index is 1.08. The topological polar surface area (TPSA) is 64.6 Å². The fraction of sp³-hybridized carbons (Fsp3) is 0.279. The second kappa shape index (κ2) is 15.3. The van der Waals surface area contributed by atoms with Gasteiger partial charge in [-0.2, -0.15) is 0 Å². The minimum Gasteiger partial charge on any atom is -0.368 e. The molecular weight excluding hydrogens is 850 g/mol. The summed E-state index contributed by atoms with van der Waals surface area (Å²) < 4.78 is 4.44. The molecule has 58 heavy (non-hydrogen) atoms. The highest BCUT2D eigenvalue weighted by molar-refractivity contribution is 7.18. The van der Waals surface area contributed by atoms with Crippen LogP contribution >= 0.6 is 69.1 Å². The minimum absolute atomic E-state index is 0.150. The summed E-state index contributed by atoms with van der Waals surface area (Å²) in [5.74, 6) is 0.150. The summed E-state index contributed by atoms with van der Waals surface area (Å²) in [7, 11) is 0. The van der Waals surface area contributed by atoms with E-state index in [1.165, 1.54) is 0 Å². The van der Waals surface area contributed by atoms with Crippen molar-refractivity contribution in [3.05, 3.63) is 126 Å². The van der Waals surface area contributed by atoms with Gasteiger partial charge in [0.1, 0.15) is 12.1 Å². The molecule has 2 saturated heterocycles. The van der Waals surface area contributed by atoms with Crippen molar-refractivity contribution in [3.63, 3.8) is 0 Å². The Hall–Kier alpha value is -3.91. The van der Waals surface area contributed by atoms with Crippen LogP contribution in [0.1, 0.15) is 33.2 Å². The van der Waals surface area contributed by atoms with Crippen molar-refractivity contribution >= 4 is 118 Å². The summed E-state index contributed by atoms with van der Waals surface area (Å²) >= 11 is 29.6. The maximum Gasteiger partial charge on any atom is 0.195 e. The van der Waals surface area contributed by atoms with Crippen LogP contribution in [0.25, 0.3) is 32.0 Å². The van der Waals surface area contributed by atoms with Crippen LogP contribution in [0.2, 0.25) is 20.1 Å². The molecule has 0 saturated carbocycles. The number of thiazole rings is 2. The zero-order valence-electron chi connectivity index (χ0n) is 31.7. The Morgan fingerprint density at radius 2 is 0.948 bits per heavy atom. The van der Waals surface area contributed by atoms with Crippen LogP contribution in [0.5, 0.6) is 0 Å². The Labute approximate surface area is 363 Å². The highest BCUT2D eigenvalue weighted by atomic mass is 35.5. The Morgan fingerprint density at radius 1 is 0.552 bits per heavy atom. The first-order valence-corrected chi connectivity index (χ1v) is 22.4. The van der Waals surface area contributed by atoms with Gasteiger partial charge in [-0.1, -0.05) is 105 Å². The highest BCUT2D eigenvalue weighted by Gasteiger charge is 2.43. The molecule has 0 N–H and O–H groups in total. The molecule has 2 aliphatic heterocycles. The number of carbonyl (C=O) groups is 1. The van der Waals surface area contributed by atoms with E-state index in [9.17, 15) is 0 Å². The van der Waals surface area contributed by atoms with Gasteiger partial charge in [0.2, 0.25) is 0 Å². The lowest BCUT2D eigenvalue weighted by Gasteiger charge is -2.43. The fourth-order valence-electron chi connectivity index (χ4n) is 8.88. The summed E-state index contributed by atoms with van der Waals surface area (Å²) in [6.07, 6.45) is 0. The maximum absolute atomic E-state index is 16.1. The van der Waals surface area contributed by atoms with Crippen molar-refractivity contribution in [3.8, 4) is 0 Å². The van der Waals surface area contributed by atoms with Crippen LogP contribution in [0.3, 0.4) is 0 Å². The average molecular weight is 889 g/mol. The predicted octanol–water partition coefficient (Wildman–Crippen LogP) is 10.6. The van der Waals surface area contributed by atoms with Gasteiger partial charge in [-0.05, 0) is 62.4 Å². The number of carbonyl (C=O) groups excluding carboxylic acids is 1. The smallest absolute Gasteiger partial charge is 0.195 e. The number of para-hydroxylation sites is 4. The molecular formula is C43H38Cl4N8OS2. The molecule has 2 aliphatic rings. The Bertz CT molecular complexity index is 2680. The van der Waals surface area contributed by atoms with Gasteiger partial charge in [0.05, 0.1) is 63.3 Å². The van der Waals surface area contributed by atoms with E-state index in [1.807, 2.05) is 72.8 Å². The Kier molecular flexibility index (Phi) is 10.1. The lowest BCUT2D eigenvalue weighted by molar-refractivity contribution is -0.130. The zero-order valence-corrected chi connectivity index (χ0v) is 36.4. The van der Waals surface area contributed by atoms with Crippen LogP contribution < -0.4 is 9.80 Å². The monoisotopic (exact) mass is 886 g/mol. The van der Waals surface area contributed by atoms with E-state index >= 15 is 4.79 Å². The van der Waals surface area contributed by atoms with Crippen LogP contribution in [0.4, 0.5) is 11.4 Å². The van der Waals surface area contributed by atoms with Crippen LogP contribution in [-0.4, -0.2) is 86.7 Å². The van der Waals surface area contributed by atoms with Crippen molar-refractivity contribution < 1.29 is 4.79 Å². The fourth-order valence-corrected chi connectivity index (χ4v) is 12.3. The van der Waals surface area contributed by atoms with E-state index in [4.69, 9.17) is 56.4 Å². The molecule has 15 heteroatoms. The van der Waals surface area contributed by atoms with Crippen LogP contribution in [0, 0.1) is 13.8 Å². The number of piperazine rings is 2. The summed E-state index contributed by atoms with van der Waals surface area (Å²) in [5.41, 5.74) is 7.86. The number of aromatic nitrogens is 4. The molecule has 2 unspecified atom stereocenters. The third kappa shape index (κ3) is 6.37. The summed E-state index contributed by atoms with van der Waals surface area (Å²) in [4.78, 5) is 39.3. The van der Waals surface area contributed by atoms with Gasteiger partial charge in [0.25, 0.3) is 0 Å². The molecule has 9 nitrogen and oxygen atoms in total. The third-order valence-electron chi connectivity index (χ3n) is 11.8. The van der Waals surface area contributed by atoms with Crippen LogP contribution in [0.15, 0.2) is 84.9 Å². The van der Waals surface area contributed by atoms with E-state index in [1.54, 1.807) is 22.7 Å². The zero-order chi connectivity index (χ0) is 39.8. The van der Waals surface area contributed by atoms with Gasteiger partial charge in [-0.25, -0.2) is 9.97 Å². The molecule has 2 atom stereocenters. The van der Waals surface area contributed by atoms with E-state index < -0.39 is 12.1 Å². The molecule has 4 aromatic carbocycles. The lowest BCUT2D eigenvalue weighted by atomic mass is 9.96. The average Bonchev–Trinajstić information content (AvgIpc) is 3.97. The number of benzene rings is 4. The minimum atomic E-state index is -0.529. The number of hydrogen-bond acceptors (Lipinski definition) is 9. The van der Waals surface area contributed by atoms with Crippen LogP contribution in [-0.2, 0) is 4.79 Å². The quantitative estimate of drug-likeness (QED) is 0.151. The molecule has 2 fully saturated rings. The molecule has 0 bridgehead atoms. The number of rotatable bonds is 8. The second-order valence-electron chi connectivity index (χ2n) is 14.9. The Morgan fingerprint density at radius 3 is 1.36 bits per heavy atom. The largest absolute Gasteiger partial charge is 0.368 e. The van der Waals surface area contributed by atoms with Crippen molar-refractivity contribution in [2.45, 2.75) is 25.9 Å². The standard InChI is InChI=1S/C43H38Cl4N8OS2/c1-25-40(57-42-48-29-11-3-5-13-31(29)54(25)42)37(52-21-17-50(18-22-52)33-15-7-9-27(44)35(33)46)39(56)38(41-26(2)55-32-14-6-4-12-30(32)49-43(55)58-41)53-23-19-51(20-24-53)34-16-8-10-28(45)36(34)47/h3-16,37-38H,17-24H2,1-2H3. The molecule has 0 aliphatic carbocycles. The first-order valence-electron chi connectivity index (χ1n) is 19.3. The number of anilines is 2. The number of aryl methyl sites for hydroxylation is 2. The van der Waals surface area contributed by atoms with Crippen molar-refractivity contribution in [1.82, 2.24) is 28.6 Å². The molecule has 4 aromatic heterocycles. The second-order valence-corrected chi connectivity index (χ2v) is 18.5. The van der Waals surface area contributed by atoms with E-state index in [2.05, 4.69) is 54.4 Å². The lowest BCUT2D eigenvalue weighted by Crippen LogP contribution is -2.53. The molecule has 296 valence electrons. The van der Waals surface area contributed by atoms with Gasteiger partial charge in [-0.3, -0.25) is 23.4 Å². The van der Waals surface area contributed by atoms with Gasteiger partial charge in [-0.15, -0.1) is 0 Å². The number of halogens is 4. The number of hydrogen-bond donors (Lipinski definition) is 0. The molecule has 0 radical (unpaired) electrons. The summed E-state index contributed by atoms with van der Waals surface area (Å²) in [5, 5.41) is 2.17. The van der Waals surface area contributed by atoms with Gasteiger partial charge < -0.3 is 9.80 Å². The third-order valence-corrected chi connectivity index (χ3v) is 15.8. The number of nitrogens with zero attached hydrogens (tertiary/aromatic N) is 8. The highest BCUT2D eigenvalue weighted by Crippen LogP contribution is 2.44. The first-order chi connectivity index (χ1) is 28.2. The number of ketones is 1. The predicted molar refractivity (Wildman–Crippen MR) is 242 cm³/mol. The van der Waals surface area contributed by atoms with E-state index in [-0.39, 0.29) is 5.78 Å². The van der Waals surface area contributed by atoms with Gasteiger partial charge in [0.15, 0.2) is 15.7 Å². The number of Topliss-reactive ketones (excluding diaryl/α,β-unsaturated/α-hetero) is 1. The molecule has 0 amide bonds. The number of imidazole rings is 2. The first kappa shape index (κ1) is 38.3. The van der Waals surface area contributed by atoms with Crippen molar-refractivity contribution in [2.24, 2.45) is 0 Å².